The molecule has 4 rings (SSSR count). The lowest BCUT2D eigenvalue weighted by Gasteiger charge is -2.40. The number of rotatable bonds is 1. The lowest BCUT2D eigenvalue weighted by molar-refractivity contribution is -0.141. The summed E-state index contributed by atoms with van der Waals surface area (Å²) in [6, 6.07) is 7.75. The summed E-state index contributed by atoms with van der Waals surface area (Å²) >= 11 is 0. The van der Waals surface area contributed by atoms with E-state index in [1.165, 1.54) is 11.9 Å². The summed E-state index contributed by atoms with van der Waals surface area (Å²) in [5.41, 5.74) is -0.0435. The quantitative estimate of drug-likeness (QED) is 0.781. The van der Waals surface area contributed by atoms with Crippen LogP contribution in [-0.2, 0) is 13.2 Å². The maximum absolute atomic E-state index is 13.0. The van der Waals surface area contributed by atoms with Crippen molar-refractivity contribution in [3.8, 4) is 0 Å². The SMILES string of the molecule is Cn1nc(C(F)(F)F)cc1C(=O)N1CCCN2C(=O)c3ccccc3[C@@H]21. The minimum absolute atomic E-state index is 0.156. The predicted octanol–water partition coefficient (Wildman–Crippen LogP) is 2.44. The summed E-state index contributed by atoms with van der Waals surface area (Å²) < 4.78 is 39.6. The Balaban J connectivity index is 1.73. The fraction of sp³-hybridized carbons (Fsp3) is 0.353. The van der Waals surface area contributed by atoms with Gasteiger partial charge in [0, 0.05) is 37.3 Å². The Morgan fingerprint density at radius 2 is 1.96 bits per heavy atom. The van der Waals surface area contributed by atoms with E-state index in [2.05, 4.69) is 5.10 Å². The number of hydrogen-bond acceptors (Lipinski definition) is 3. The zero-order chi connectivity index (χ0) is 18.6. The van der Waals surface area contributed by atoms with Crippen LogP contribution in [0.3, 0.4) is 0 Å². The molecule has 1 fully saturated rings. The highest BCUT2D eigenvalue weighted by atomic mass is 19.4. The summed E-state index contributed by atoms with van der Waals surface area (Å²) in [4.78, 5) is 28.6. The monoisotopic (exact) mass is 364 g/mol. The second-order valence-electron chi connectivity index (χ2n) is 6.35. The third-order valence-corrected chi connectivity index (χ3v) is 4.77. The zero-order valence-corrected chi connectivity index (χ0v) is 13.8. The first kappa shape index (κ1) is 16.6. The highest BCUT2D eigenvalue weighted by Gasteiger charge is 2.45. The van der Waals surface area contributed by atoms with Crippen molar-refractivity contribution in [1.29, 1.82) is 0 Å². The fourth-order valence-electron chi connectivity index (χ4n) is 3.61. The summed E-state index contributed by atoms with van der Waals surface area (Å²) in [5.74, 6) is -0.737. The van der Waals surface area contributed by atoms with Crippen molar-refractivity contribution in [3.63, 3.8) is 0 Å². The molecule has 1 saturated heterocycles. The first-order valence-corrected chi connectivity index (χ1v) is 8.11. The van der Waals surface area contributed by atoms with E-state index in [9.17, 15) is 22.8 Å². The molecule has 0 aliphatic carbocycles. The normalized spacial score (nSPS) is 19.5. The number of fused-ring (bicyclic) bond motifs is 3. The number of hydrogen-bond donors (Lipinski definition) is 0. The van der Waals surface area contributed by atoms with E-state index >= 15 is 0 Å². The number of alkyl halides is 3. The fourth-order valence-corrected chi connectivity index (χ4v) is 3.61. The van der Waals surface area contributed by atoms with E-state index in [4.69, 9.17) is 0 Å². The predicted molar refractivity (Wildman–Crippen MR) is 84.1 cm³/mol. The minimum atomic E-state index is -4.62. The highest BCUT2D eigenvalue weighted by Crippen LogP contribution is 2.39. The van der Waals surface area contributed by atoms with Crippen LogP contribution in [0.1, 0.15) is 44.7 Å². The third kappa shape index (κ3) is 2.38. The molecular weight excluding hydrogens is 349 g/mol. The molecule has 0 saturated carbocycles. The lowest BCUT2D eigenvalue weighted by Crippen LogP contribution is -2.49. The number of halogens is 3. The smallest absolute Gasteiger partial charge is 0.314 e. The van der Waals surface area contributed by atoms with Gasteiger partial charge in [-0.1, -0.05) is 18.2 Å². The van der Waals surface area contributed by atoms with Gasteiger partial charge in [-0.2, -0.15) is 18.3 Å². The number of amides is 2. The van der Waals surface area contributed by atoms with Crippen molar-refractivity contribution < 1.29 is 22.8 Å². The molecule has 0 N–H and O–H groups in total. The van der Waals surface area contributed by atoms with Gasteiger partial charge in [-0.25, -0.2) is 0 Å². The maximum atomic E-state index is 13.0. The Hall–Kier alpha value is -2.84. The molecule has 0 radical (unpaired) electrons. The minimum Gasteiger partial charge on any atom is -0.314 e. The van der Waals surface area contributed by atoms with Crippen molar-refractivity contribution in [2.24, 2.45) is 7.05 Å². The van der Waals surface area contributed by atoms with Gasteiger partial charge in [0.2, 0.25) is 0 Å². The van der Waals surface area contributed by atoms with E-state index in [0.717, 1.165) is 10.7 Å². The Labute approximate surface area is 146 Å². The molecule has 9 heteroatoms. The number of carbonyl (C=O) groups excluding carboxylic acids is 2. The molecule has 1 aromatic carbocycles. The molecule has 2 aliphatic heterocycles. The molecule has 0 spiro atoms. The second-order valence-corrected chi connectivity index (χ2v) is 6.35. The second kappa shape index (κ2) is 5.58. The topological polar surface area (TPSA) is 58.4 Å². The van der Waals surface area contributed by atoms with Crippen LogP contribution in [0.15, 0.2) is 30.3 Å². The number of aryl methyl sites for hydroxylation is 1. The number of aromatic nitrogens is 2. The molecule has 2 aromatic rings. The highest BCUT2D eigenvalue weighted by molar-refractivity contribution is 6.01. The van der Waals surface area contributed by atoms with Gasteiger partial charge in [0.1, 0.15) is 11.9 Å². The van der Waals surface area contributed by atoms with Crippen molar-refractivity contribution in [2.75, 3.05) is 13.1 Å². The average molecular weight is 364 g/mol. The molecule has 6 nitrogen and oxygen atoms in total. The van der Waals surface area contributed by atoms with E-state index in [0.29, 0.717) is 30.6 Å². The van der Waals surface area contributed by atoms with Crippen LogP contribution < -0.4 is 0 Å². The average Bonchev–Trinajstić information content (AvgIpc) is 3.14. The van der Waals surface area contributed by atoms with Gasteiger partial charge in [-0.15, -0.1) is 0 Å². The van der Waals surface area contributed by atoms with Crippen molar-refractivity contribution in [2.45, 2.75) is 18.8 Å². The standard InChI is InChI=1S/C17H15F3N4O2/c1-22-12(9-13(21-22)17(18,19)20)16(26)24-8-4-7-23-14(24)10-5-2-3-6-11(10)15(23)25/h2-3,5-6,9,14H,4,7-8H2,1H3/t14-/m0/s1. The molecule has 3 heterocycles. The van der Waals surface area contributed by atoms with Gasteiger partial charge in [0.25, 0.3) is 11.8 Å². The van der Waals surface area contributed by atoms with Crippen LogP contribution in [0, 0.1) is 0 Å². The van der Waals surface area contributed by atoms with Crippen LogP contribution in [0.4, 0.5) is 13.2 Å². The Kier molecular flexibility index (Phi) is 3.57. The third-order valence-electron chi connectivity index (χ3n) is 4.77. The number of nitrogens with zero attached hydrogens (tertiary/aromatic N) is 4. The van der Waals surface area contributed by atoms with Gasteiger partial charge in [0.15, 0.2) is 5.69 Å². The van der Waals surface area contributed by atoms with E-state index in [1.54, 1.807) is 29.2 Å². The zero-order valence-electron chi connectivity index (χ0n) is 13.8. The Morgan fingerprint density at radius 3 is 2.65 bits per heavy atom. The molecule has 26 heavy (non-hydrogen) atoms. The first-order chi connectivity index (χ1) is 12.3. The van der Waals surface area contributed by atoms with Gasteiger partial charge in [0.05, 0.1) is 0 Å². The summed E-state index contributed by atoms with van der Waals surface area (Å²) in [6.07, 6.45) is -4.66. The molecule has 2 amide bonds. The molecule has 0 bridgehead atoms. The van der Waals surface area contributed by atoms with Crippen LogP contribution >= 0.6 is 0 Å². The Bertz CT molecular complexity index is 906. The molecule has 0 unspecified atom stereocenters. The van der Waals surface area contributed by atoms with E-state index in [-0.39, 0.29) is 11.6 Å². The van der Waals surface area contributed by atoms with E-state index < -0.39 is 23.9 Å². The molecule has 1 atom stereocenters. The molecule has 2 aliphatic rings. The lowest BCUT2D eigenvalue weighted by atomic mass is 10.1. The van der Waals surface area contributed by atoms with Gasteiger partial charge in [-0.3, -0.25) is 14.3 Å². The molecular formula is C17H15F3N4O2. The number of carbonyl (C=O) groups is 2. The summed E-state index contributed by atoms with van der Waals surface area (Å²) in [6.45, 7) is 0.856. The molecule has 136 valence electrons. The van der Waals surface area contributed by atoms with Crippen molar-refractivity contribution in [3.05, 3.63) is 52.8 Å². The van der Waals surface area contributed by atoms with Gasteiger partial charge < -0.3 is 9.80 Å². The van der Waals surface area contributed by atoms with E-state index in [1.807, 2.05) is 0 Å². The summed E-state index contributed by atoms with van der Waals surface area (Å²) in [5, 5.41) is 3.41. The number of benzene rings is 1. The first-order valence-electron chi connectivity index (χ1n) is 8.11. The van der Waals surface area contributed by atoms with Gasteiger partial charge in [-0.05, 0) is 12.5 Å². The maximum Gasteiger partial charge on any atom is 0.435 e. The van der Waals surface area contributed by atoms with Crippen LogP contribution in [0.5, 0.6) is 0 Å². The van der Waals surface area contributed by atoms with Crippen molar-refractivity contribution in [1.82, 2.24) is 19.6 Å². The van der Waals surface area contributed by atoms with Crippen LogP contribution in [-0.4, -0.2) is 44.5 Å². The van der Waals surface area contributed by atoms with Gasteiger partial charge >= 0.3 is 6.18 Å². The van der Waals surface area contributed by atoms with Crippen molar-refractivity contribution >= 4 is 11.8 Å². The van der Waals surface area contributed by atoms with Crippen LogP contribution in [0.25, 0.3) is 0 Å². The largest absolute Gasteiger partial charge is 0.435 e. The molecule has 1 aromatic heterocycles. The van der Waals surface area contributed by atoms with Crippen LogP contribution in [0.2, 0.25) is 0 Å². The Morgan fingerprint density at radius 1 is 1.23 bits per heavy atom. The summed E-state index contributed by atoms with van der Waals surface area (Å²) in [7, 11) is 1.30.